The first-order chi connectivity index (χ1) is 8.26. The molecule has 0 spiro atoms. The molecule has 1 rings (SSSR count). The predicted octanol–water partition coefficient (Wildman–Crippen LogP) is 3.50. The average Bonchev–Trinajstić information content (AvgIpc) is 2.35. The molecule has 1 unspecified atom stereocenters. The number of hydrogen-bond acceptors (Lipinski definition) is 2. The van der Waals surface area contributed by atoms with E-state index in [1.54, 1.807) is 7.11 Å². The maximum Gasteiger partial charge on any atom is 0.0713 e. The van der Waals surface area contributed by atoms with Gasteiger partial charge < -0.3 is 10.1 Å². The van der Waals surface area contributed by atoms with Crippen LogP contribution in [0.3, 0.4) is 0 Å². The van der Waals surface area contributed by atoms with E-state index in [1.807, 2.05) is 0 Å². The highest BCUT2D eigenvalue weighted by Crippen LogP contribution is 2.07. The second kappa shape index (κ2) is 8.26. The molecule has 1 N–H and O–H groups in total. The van der Waals surface area contributed by atoms with E-state index >= 15 is 0 Å². The van der Waals surface area contributed by atoms with E-state index in [0.717, 1.165) is 6.54 Å². The highest BCUT2D eigenvalue weighted by molar-refractivity contribution is 5.22. The Morgan fingerprint density at radius 3 is 2.76 bits per heavy atom. The topological polar surface area (TPSA) is 21.3 Å². The summed E-state index contributed by atoms with van der Waals surface area (Å²) in [7, 11) is 1.73. The normalized spacial score (nSPS) is 12.6. The van der Waals surface area contributed by atoms with Crippen LogP contribution in [0.4, 0.5) is 0 Å². The third kappa shape index (κ3) is 5.85. The number of hydrogen-bond donors (Lipinski definition) is 1. The van der Waals surface area contributed by atoms with Crippen LogP contribution in [0, 0.1) is 0 Å². The standard InChI is InChI=1S/C15H25NO/c1-4-5-7-13(2)16-11-14-8-6-9-15(10-14)12-17-3/h6,8-10,13,16H,4-5,7,11-12H2,1-3H3. The molecular weight excluding hydrogens is 210 g/mol. The van der Waals surface area contributed by atoms with E-state index in [0.29, 0.717) is 12.6 Å². The fourth-order valence-electron chi connectivity index (χ4n) is 1.90. The van der Waals surface area contributed by atoms with Crippen molar-refractivity contribution in [3.05, 3.63) is 35.4 Å². The molecule has 17 heavy (non-hydrogen) atoms. The summed E-state index contributed by atoms with van der Waals surface area (Å²) in [6.45, 7) is 6.14. The molecule has 0 bridgehead atoms. The molecule has 1 atom stereocenters. The number of benzene rings is 1. The third-order valence-corrected chi connectivity index (χ3v) is 2.95. The molecule has 1 aromatic carbocycles. The van der Waals surface area contributed by atoms with Crippen LogP contribution < -0.4 is 5.32 Å². The van der Waals surface area contributed by atoms with Crippen LogP contribution in [-0.4, -0.2) is 13.2 Å². The zero-order valence-corrected chi connectivity index (χ0v) is 11.3. The summed E-state index contributed by atoms with van der Waals surface area (Å²) in [5.74, 6) is 0. The summed E-state index contributed by atoms with van der Waals surface area (Å²) in [5.41, 5.74) is 2.58. The number of ether oxygens (including phenoxy) is 1. The molecule has 0 radical (unpaired) electrons. The highest BCUT2D eigenvalue weighted by atomic mass is 16.5. The first kappa shape index (κ1) is 14.2. The van der Waals surface area contributed by atoms with Gasteiger partial charge in [-0.2, -0.15) is 0 Å². The van der Waals surface area contributed by atoms with Crippen LogP contribution in [0.2, 0.25) is 0 Å². The average molecular weight is 235 g/mol. The van der Waals surface area contributed by atoms with Crippen molar-refractivity contribution in [3.63, 3.8) is 0 Å². The van der Waals surface area contributed by atoms with Gasteiger partial charge in [0.15, 0.2) is 0 Å². The van der Waals surface area contributed by atoms with Gasteiger partial charge in [0.1, 0.15) is 0 Å². The SMILES string of the molecule is CCCCC(C)NCc1cccc(COC)c1. The lowest BCUT2D eigenvalue weighted by atomic mass is 10.1. The van der Waals surface area contributed by atoms with Gasteiger partial charge >= 0.3 is 0 Å². The van der Waals surface area contributed by atoms with Crippen molar-refractivity contribution in [2.45, 2.75) is 52.3 Å². The number of nitrogens with one attached hydrogen (secondary N) is 1. The maximum absolute atomic E-state index is 5.14. The third-order valence-electron chi connectivity index (χ3n) is 2.95. The molecule has 1 aromatic rings. The second-order valence-electron chi connectivity index (χ2n) is 4.68. The Morgan fingerprint density at radius 2 is 2.06 bits per heavy atom. The van der Waals surface area contributed by atoms with Crippen molar-refractivity contribution in [1.82, 2.24) is 5.32 Å². The van der Waals surface area contributed by atoms with Crippen molar-refractivity contribution in [3.8, 4) is 0 Å². The largest absolute Gasteiger partial charge is 0.380 e. The van der Waals surface area contributed by atoms with E-state index in [1.165, 1.54) is 30.4 Å². The zero-order chi connectivity index (χ0) is 12.5. The Morgan fingerprint density at radius 1 is 1.29 bits per heavy atom. The lowest BCUT2D eigenvalue weighted by Crippen LogP contribution is -2.25. The molecule has 2 heteroatoms. The number of unbranched alkanes of at least 4 members (excludes halogenated alkanes) is 1. The minimum Gasteiger partial charge on any atom is -0.380 e. The van der Waals surface area contributed by atoms with Gasteiger partial charge in [-0.05, 0) is 24.5 Å². The molecule has 2 nitrogen and oxygen atoms in total. The molecule has 0 aromatic heterocycles. The molecule has 0 aliphatic rings. The van der Waals surface area contributed by atoms with Gasteiger partial charge in [-0.1, -0.05) is 44.0 Å². The highest BCUT2D eigenvalue weighted by Gasteiger charge is 2.01. The predicted molar refractivity (Wildman–Crippen MR) is 73.0 cm³/mol. The van der Waals surface area contributed by atoms with E-state index in [9.17, 15) is 0 Å². The molecule has 96 valence electrons. The Hall–Kier alpha value is -0.860. The van der Waals surface area contributed by atoms with Gasteiger partial charge in [0.05, 0.1) is 6.61 Å². The summed E-state index contributed by atoms with van der Waals surface area (Å²) >= 11 is 0. The first-order valence-electron chi connectivity index (χ1n) is 6.56. The van der Waals surface area contributed by atoms with Crippen LogP contribution >= 0.6 is 0 Å². The Balaban J connectivity index is 2.37. The summed E-state index contributed by atoms with van der Waals surface area (Å²) < 4.78 is 5.14. The van der Waals surface area contributed by atoms with E-state index in [-0.39, 0.29) is 0 Å². The lowest BCUT2D eigenvalue weighted by molar-refractivity contribution is 0.185. The quantitative estimate of drug-likeness (QED) is 0.744. The van der Waals surface area contributed by atoms with E-state index in [2.05, 4.69) is 43.4 Å². The maximum atomic E-state index is 5.14. The summed E-state index contributed by atoms with van der Waals surface area (Å²) in [6.07, 6.45) is 3.83. The zero-order valence-electron chi connectivity index (χ0n) is 11.3. The van der Waals surface area contributed by atoms with Gasteiger partial charge in [0, 0.05) is 19.7 Å². The molecular formula is C15H25NO. The molecule has 0 heterocycles. The van der Waals surface area contributed by atoms with Gasteiger partial charge in [-0.15, -0.1) is 0 Å². The van der Waals surface area contributed by atoms with Crippen LogP contribution in [0.1, 0.15) is 44.2 Å². The van der Waals surface area contributed by atoms with E-state index < -0.39 is 0 Å². The summed E-state index contributed by atoms with van der Waals surface area (Å²) in [4.78, 5) is 0. The Labute approximate surface area is 105 Å². The first-order valence-corrected chi connectivity index (χ1v) is 6.56. The van der Waals surface area contributed by atoms with Crippen LogP contribution in [0.15, 0.2) is 24.3 Å². The Kier molecular flexibility index (Phi) is 6.90. The smallest absolute Gasteiger partial charge is 0.0713 e. The fraction of sp³-hybridized carbons (Fsp3) is 0.600. The van der Waals surface area contributed by atoms with Crippen LogP contribution in [-0.2, 0) is 17.9 Å². The summed E-state index contributed by atoms with van der Waals surface area (Å²) in [6, 6.07) is 9.18. The van der Waals surface area contributed by atoms with Crippen molar-refractivity contribution in [1.29, 1.82) is 0 Å². The molecule has 0 amide bonds. The van der Waals surface area contributed by atoms with E-state index in [4.69, 9.17) is 4.74 Å². The molecule has 0 aliphatic heterocycles. The van der Waals surface area contributed by atoms with Crippen molar-refractivity contribution in [2.24, 2.45) is 0 Å². The second-order valence-corrected chi connectivity index (χ2v) is 4.68. The minimum absolute atomic E-state index is 0.598. The van der Waals surface area contributed by atoms with Crippen LogP contribution in [0.5, 0.6) is 0 Å². The van der Waals surface area contributed by atoms with Crippen LogP contribution in [0.25, 0.3) is 0 Å². The van der Waals surface area contributed by atoms with Crippen molar-refractivity contribution < 1.29 is 4.74 Å². The number of rotatable bonds is 8. The monoisotopic (exact) mass is 235 g/mol. The van der Waals surface area contributed by atoms with Gasteiger partial charge in [-0.25, -0.2) is 0 Å². The van der Waals surface area contributed by atoms with Crippen molar-refractivity contribution >= 4 is 0 Å². The Bertz CT molecular complexity index is 312. The minimum atomic E-state index is 0.598. The molecule has 0 aliphatic carbocycles. The lowest BCUT2D eigenvalue weighted by Gasteiger charge is -2.13. The molecule has 0 saturated heterocycles. The fourth-order valence-corrected chi connectivity index (χ4v) is 1.90. The van der Waals surface area contributed by atoms with Gasteiger partial charge in [-0.3, -0.25) is 0 Å². The molecule has 0 saturated carbocycles. The summed E-state index contributed by atoms with van der Waals surface area (Å²) in [5, 5.41) is 3.56. The van der Waals surface area contributed by atoms with Crippen molar-refractivity contribution in [2.75, 3.05) is 7.11 Å². The number of methoxy groups -OCH3 is 1. The molecule has 0 fully saturated rings. The van der Waals surface area contributed by atoms with Gasteiger partial charge in [0.25, 0.3) is 0 Å². The van der Waals surface area contributed by atoms with Gasteiger partial charge in [0.2, 0.25) is 0 Å².